The Hall–Kier alpha value is -1.89. The molecular weight excluding hydrogens is 384 g/mol. The maximum absolute atomic E-state index is 11.6. The highest BCUT2D eigenvalue weighted by molar-refractivity contribution is 7.97. The summed E-state index contributed by atoms with van der Waals surface area (Å²) in [5, 5.41) is 15.9. The van der Waals surface area contributed by atoms with Gasteiger partial charge in [-0.1, -0.05) is 31.0 Å². The Morgan fingerprint density at radius 2 is 2.04 bits per heavy atom. The molecule has 0 fully saturated rings. The van der Waals surface area contributed by atoms with Crippen molar-refractivity contribution in [1.82, 2.24) is 0 Å². The van der Waals surface area contributed by atoms with Gasteiger partial charge in [-0.05, 0) is 62.0 Å². The molecule has 0 unspecified atom stereocenters. The number of hydrogen-bond acceptors (Lipinski definition) is 5. The van der Waals surface area contributed by atoms with E-state index >= 15 is 0 Å². The number of carboxylic acid groups (broad SMARTS) is 1. The fourth-order valence-corrected chi connectivity index (χ4v) is 3.31. The molecule has 0 radical (unpaired) electrons. The van der Waals surface area contributed by atoms with Crippen LogP contribution >= 0.6 is 23.5 Å². The quantitative estimate of drug-likeness (QED) is 0.516. The number of halogens is 1. The maximum atomic E-state index is 11.6. The average Bonchev–Trinajstić information content (AvgIpc) is 2.65. The number of nitrogens with zero attached hydrogens (tertiary/aromatic N) is 1. The summed E-state index contributed by atoms with van der Waals surface area (Å²) in [7, 11) is 0. The van der Waals surface area contributed by atoms with Gasteiger partial charge in [0.2, 0.25) is 0 Å². The highest BCUT2D eigenvalue weighted by Gasteiger charge is 2.20. The van der Waals surface area contributed by atoms with Crippen LogP contribution in [0.2, 0.25) is 5.02 Å². The second kappa shape index (κ2) is 9.88. The fraction of sp³-hybridized carbons (Fsp3) is 0.350. The largest absolute Gasteiger partial charge is 0.478 e. The van der Waals surface area contributed by atoms with Crippen LogP contribution in [0.3, 0.4) is 0 Å². The van der Waals surface area contributed by atoms with E-state index in [-0.39, 0.29) is 5.56 Å². The van der Waals surface area contributed by atoms with Gasteiger partial charge in [-0.15, -0.1) is 0 Å². The van der Waals surface area contributed by atoms with Crippen LogP contribution in [0.15, 0.2) is 35.2 Å². The third kappa shape index (κ3) is 5.31. The zero-order chi connectivity index (χ0) is 20.0. The normalized spacial score (nSPS) is 10.7. The summed E-state index contributed by atoms with van der Waals surface area (Å²) in [4.78, 5) is 14.2. The number of unbranched alkanes of at least 4 members (excludes halogenated alkanes) is 1. The molecule has 0 aliphatic carbocycles. The molecule has 0 atom stereocenters. The van der Waals surface area contributed by atoms with Crippen molar-refractivity contribution in [1.29, 1.82) is 0 Å². The molecule has 7 heteroatoms. The van der Waals surface area contributed by atoms with Gasteiger partial charge in [0.1, 0.15) is 5.75 Å². The topological polar surface area (TPSA) is 75.8 Å². The molecule has 0 aromatic heterocycles. The van der Waals surface area contributed by atoms with Crippen LogP contribution in [0.25, 0.3) is 0 Å². The zero-order valence-corrected chi connectivity index (χ0v) is 17.4. The number of benzene rings is 2. The van der Waals surface area contributed by atoms with Crippen molar-refractivity contribution in [3.05, 3.63) is 46.5 Å². The first-order valence-electron chi connectivity index (χ1n) is 8.88. The lowest BCUT2D eigenvalue weighted by Crippen LogP contribution is -2.25. The molecule has 2 rings (SSSR count). The van der Waals surface area contributed by atoms with Gasteiger partial charge in [-0.3, -0.25) is 5.14 Å². The Labute approximate surface area is 169 Å². The number of nitrogens with two attached hydrogens (primary N) is 1. The minimum Gasteiger partial charge on any atom is -0.478 e. The van der Waals surface area contributed by atoms with Crippen molar-refractivity contribution in [3.8, 4) is 11.5 Å². The van der Waals surface area contributed by atoms with Crippen LogP contribution in [0, 0.1) is 6.92 Å². The predicted molar refractivity (Wildman–Crippen MR) is 113 cm³/mol. The van der Waals surface area contributed by atoms with E-state index in [0.717, 1.165) is 49.1 Å². The highest BCUT2D eigenvalue weighted by atomic mass is 35.5. The summed E-state index contributed by atoms with van der Waals surface area (Å²) in [6, 6.07) is 8.65. The average molecular weight is 409 g/mol. The molecule has 3 N–H and O–H groups in total. The van der Waals surface area contributed by atoms with Gasteiger partial charge >= 0.3 is 5.97 Å². The standard InChI is InChI=1S/C20H25ClN2O3S/c1-4-6-9-23(5-2)17-10-14(20(24)25)11-18(27-22)19(17)26-15-8-7-13(3)16(21)12-15/h7-8,10-12H,4-6,9,22H2,1-3H3,(H,24,25). The number of anilines is 1. The lowest BCUT2D eigenvalue weighted by Gasteiger charge is -2.27. The zero-order valence-electron chi connectivity index (χ0n) is 15.8. The Bertz CT molecular complexity index is 814. The van der Waals surface area contributed by atoms with Crippen LogP contribution in [-0.4, -0.2) is 24.2 Å². The van der Waals surface area contributed by atoms with E-state index in [2.05, 4.69) is 11.8 Å². The molecule has 0 saturated heterocycles. The molecule has 0 amide bonds. The number of ether oxygens (including phenoxy) is 1. The molecule has 2 aromatic rings. The number of carbonyl (C=O) groups is 1. The molecule has 0 saturated carbocycles. The molecule has 0 spiro atoms. The lowest BCUT2D eigenvalue weighted by atomic mass is 10.1. The lowest BCUT2D eigenvalue weighted by molar-refractivity contribution is 0.0696. The summed E-state index contributed by atoms with van der Waals surface area (Å²) in [6.07, 6.45) is 2.03. The summed E-state index contributed by atoms with van der Waals surface area (Å²) < 4.78 is 6.14. The van der Waals surface area contributed by atoms with Crippen LogP contribution in [0.4, 0.5) is 5.69 Å². The second-order valence-corrected chi connectivity index (χ2v) is 7.27. The van der Waals surface area contributed by atoms with Crippen molar-refractivity contribution >= 4 is 35.2 Å². The van der Waals surface area contributed by atoms with Crippen LogP contribution in [-0.2, 0) is 0 Å². The molecule has 5 nitrogen and oxygen atoms in total. The van der Waals surface area contributed by atoms with Crippen molar-refractivity contribution in [3.63, 3.8) is 0 Å². The monoisotopic (exact) mass is 408 g/mol. The Morgan fingerprint density at radius 3 is 2.59 bits per heavy atom. The van der Waals surface area contributed by atoms with Gasteiger partial charge in [0, 0.05) is 18.1 Å². The third-order valence-corrected chi connectivity index (χ3v) is 5.24. The van der Waals surface area contributed by atoms with E-state index in [1.165, 1.54) is 6.07 Å². The minimum absolute atomic E-state index is 0.183. The minimum atomic E-state index is -0.997. The molecule has 0 aliphatic rings. The van der Waals surface area contributed by atoms with E-state index in [4.69, 9.17) is 21.5 Å². The molecule has 0 heterocycles. The molecule has 0 aliphatic heterocycles. The number of hydrogen-bond donors (Lipinski definition) is 2. The smallest absolute Gasteiger partial charge is 0.335 e. The van der Waals surface area contributed by atoms with Crippen LogP contribution < -0.4 is 14.8 Å². The van der Waals surface area contributed by atoms with Gasteiger partial charge < -0.3 is 14.7 Å². The SMILES string of the molecule is CCCCN(CC)c1cc(C(=O)O)cc(SN)c1Oc1ccc(C)c(Cl)c1. The predicted octanol–water partition coefficient (Wildman–Crippen LogP) is 5.73. The van der Waals surface area contributed by atoms with E-state index in [9.17, 15) is 9.90 Å². The van der Waals surface area contributed by atoms with E-state index in [0.29, 0.717) is 21.4 Å². The molecule has 2 aromatic carbocycles. The summed E-state index contributed by atoms with van der Waals surface area (Å²) >= 11 is 7.19. The van der Waals surface area contributed by atoms with Crippen LogP contribution in [0.1, 0.15) is 42.6 Å². The van der Waals surface area contributed by atoms with Crippen LogP contribution in [0.5, 0.6) is 11.5 Å². The van der Waals surface area contributed by atoms with Gasteiger partial charge in [-0.2, -0.15) is 0 Å². The van der Waals surface area contributed by atoms with Gasteiger partial charge in [0.15, 0.2) is 5.75 Å². The van der Waals surface area contributed by atoms with Gasteiger partial charge in [0.25, 0.3) is 0 Å². The van der Waals surface area contributed by atoms with Crippen molar-refractivity contribution in [2.75, 3.05) is 18.0 Å². The molecular formula is C20H25ClN2O3S. The molecule has 0 bridgehead atoms. The Morgan fingerprint density at radius 1 is 1.30 bits per heavy atom. The second-order valence-electron chi connectivity index (χ2n) is 6.19. The Balaban J connectivity index is 2.57. The summed E-state index contributed by atoms with van der Waals surface area (Å²) in [6.45, 7) is 7.60. The van der Waals surface area contributed by atoms with Crippen molar-refractivity contribution in [2.24, 2.45) is 5.14 Å². The first kappa shape index (κ1) is 21.4. The first-order valence-corrected chi connectivity index (χ1v) is 10.1. The number of aryl methyl sites for hydroxylation is 1. The molecule has 146 valence electrons. The number of rotatable bonds is 9. The first-order chi connectivity index (χ1) is 12.9. The highest BCUT2D eigenvalue weighted by Crippen LogP contribution is 2.41. The summed E-state index contributed by atoms with van der Waals surface area (Å²) in [5.41, 5.74) is 1.86. The van der Waals surface area contributed by atoms with Crippen molar-refractivity contribution < 1.29 is 14.6 Å². The van der Waals surface area contributed by atoms with Gasteiger partial charge in [0.05, 0.1) is 16.1 Å². The van der Waals surface area contributed by atoms with E-state index in [1.54, 1.807) is 12.1 Å². The van der Waals surface area contributed by atoms with E-state index < -0.39 is 5.97 Å². The number of carboxylic acids is 1. The van der Waals surface area contributed by atoms with E-state index in [1.807, 2.05) is 26.0 Å². The fourth-order valence-electron chi connectivity index (χ4n) is 2.69. The Kier molecular flexibility index (Phi) is 7.83. The van der Waals surface area contributed by atoms with Gasteiger partial charge in [-0.25, -0.2) is 4.79 Å². The maximum Gasteiger partial charge on any atom is 0.335 e. The summed E-state index contributed by atoms with van der Waals surface area (Å²) in [5.74, 6) is 0.130. The molecule has 27 heavy (non-hydrogen) atoms. The number of aromatic carboxylic acids is 1. The third-order valence-electron chi connectivity index (χ3n) is 4.28. The van der Waals surface area contributed by atoms with Crippen molar-refractivity contribution in [2.45, 2.75) is 38.5 Å².